The number of aryl methyl sites for hydroxylation is 1. The Kier molecular flexibility index (Phi) is 8.18. The molecule has 1 amide bonds. The maximum Gasteiger partial charge on any atom is 0.243 e. The Morgan fingerprint density at radius 2 is 2.04 bits per heavy atom. The van der Waals surface area contributed by atoms with Gasteiger partial charge in [0.15, 0.2) is 0 Å². The van der Waals surface area contributed by atoms with E-state index in [2.05, 4.69) is 20.6 Å². The van der Waals surface area contributed by atoms with Gasteiger partial charge in [0.25, 0.3) is 0 Å². The van der Waals surface area contributed by atoms with Gasteiger partial charge in [0.1, 0.15) is 11.9 Å². The summed E-state index contributed by atoms with van der Waals surface area (Å²) in [5, 5.41) is 6.13. The van der Waals surface area contributed by atoms with Crippen molar-refractivity contribution in [3.63, 3.8) is 0 Å². The Balaban J connectivity index is 0.00000144. The van der Waals surface area contributed by atoms with Gasteiger partial charge in [-0.15, -0.1) is 24.8 Å². The Morgan fingerprint density at radius 3 is 2.79 bits per heavy atom. The molecule has 1 aliphatic heterocycles. The van der Waals surface area contributed by atoms with Crippen LogP contribution in [0, 0.1) is 5.82 Å². The van der Waals surface area contributed by atoms with Gasteiger partial charge < -0.3 is 15.6 Å². The van der Waals surface area contributed by atoms with Gasteiger partial charge in [0, 0.05) is 25.2 Å². The topological polar surface area (TPSA) is 69.8 Å². The fourth-order valence-corrected chi connectivity index (χ4v) is 2.69. The van der Waals surface area contributed by atoms with Crippen LogP contribution in [-0.4, -0.2) is 29.0 Å². The molecule has 2 aromatic rings. The molecule has 0 spiro atoms. The summed E-state index contributed by atoms with van der Waals surface area (Å²) in [5.41, 5.74) is 2.90. The third-order valence-corrected chi connectivity index (χ3v) is 3.87. The quantitative estimate of drug-likeness (QED) is 0.703. The van der Waals surface area contributed by atoms with E-state index >= 15 is 0 Å². The minimum Gasteiger partial charge on any atom is -0.354 e. The lowest BCUT2D eigenvalue weighted by molar-refractivity contribution is -0.123. The van der Waals surface area contributed by atoms with Crippen LogP contribution in [0.3, 0.4) is 0 Å². The van der Waals surface area contributed by atoms with E-state index in [0.29, 0.717) is 6.54 Å². The molecule has 132 valence electrons. The zero-order chi connectivity index (χ0) is 15.4. The highest BCUT2D eigenvalue weighted by molar-refractivity contribution is 5.85. The highest BCUT2D eigenvalue weighted by atomic mass is 35.5. The van der Waals surface area contributed by atoms with Crippen molar-refractivity contribution in [1.82, 2.24) is 20.6 Å². The van der Waals surface area contributed by atoms with Gasteiger partial charge in [-0.05, 0) is 30.5 Å². The number of nitrogens with one attached hydrogen (secondary N) is 3. The lowest BCUT2D eigenvalue weighted by Crippen LogP contribution is -2.41. The molecular formula is C16H21Cl2FN4O. The van der Waals surface area contributed by atoms with Crippen LogP contribution in [0.4, 0.5) is 4.39 Å². The first-order chi connectivity index (χ1) is 10.7. The number of halogens is 3. The van der Waals surface area contributed by atoms with E-state index in [4.69, 9.17) is 0 Å². The van der Waals surface area contributed by atoms with Crippen molar-refractivity contribution < 1.29 is 9.18 Å². The molecule has 1 unspecified atom stereocenters. The number of carbonyl (C=O) groups is 1. The summed E-state index contributed by atoms with van der Waals surface area (Å²) in [6.07, 6.45) is 4.12. The molecule has 0 radical (unpaired) electrons. The molecule has 0 fully saturated rings. The van der Waals surface area contributed by atoms with Gasteiger partial charge in [0.2, 0.25) is 5.91 Å². The SMILES string of the molecule is Cl.Cl.O=C(NCCCc1ccc(F)cc1)C1NCCc2[nH]cnc21. The number of hydrogen-bond donors (Lipinski definition) is 3. The second-order valence-electron chi connectivity index (χ2n) is 5.42. The van der Waals surface area contributed by atoms with Gasteiger partial charge >= 0.3 is 0 Å². The lowest BCUT2D eigenvalue weighted by Gasteiger charge is -2.22. The lowest BCUT2D eigenvalue weighted by atomic mass is 10.0. The molecule has 2 heterocycles. The van der Waals surface area contributed by atoms with Gasteiger partial charge in [-0.2, -0.15) is 0 Å². The van der Waals surface area contributed by atoms with Crippen LogP contribution >= 0.6 is 24.8 Å². The first-order valence-corrected chi connectivity index (χ1v) is 7.52. The van der Waals surface area contributed by atoms with E-state index in [1.807, 2.05) is 0 Å². The first kappa shape index (κ1) is 20.4. The Bertz CT molecular complexity index is 648. The van der Waals surface area contributed by atoms with Gasteiger partial charge in [0.05, 0.1) is 12.0 Å². The standard InChI is InChI=1S/C16H19FN4O.2ClH/c17-12-5-3-11(4-6-12)2-1-8-19-16(22)15-14-13(7-9-18-15)20-10-21-14;;/h3-6,10,15,18H,1-2,7-9H2,(H,19,22)(H,20,21);2*1H. The number of rotatable bonds is 5. The number of H-pyrrole nitrogens is 1. The van der Waals surface area contributed by atoms with Crippen LogP contribution in [0.2, 0.25) is 0 Å². The summed E-state index contributed by atoms with van der Waals surface area (Å²) in [7, 11) is 0. The molecule has 1 aromatic heterocycles. The van der Waals surface area contributed by atoms with E-state index in [9.17, 15) is 9.18 Å². The van der Waals surface area contributed by atoms with E-state index in [1.165, 1.54) is 12.1 Å². The predicted octanol–water partition coefficient (Wildman–Crippen LogP) is 2.33. The average Bonchev–Trinajstić information content (AvgIpc) is 3.01. The third kappa shape index (κ3) is 4.93. The first-order valence-electron chi connectivity index (χ1n) is 7.52. The van der Waals surface area contributed by atoms with Crippen LogP contribution in [0.1, 0.15) is 29.4 Å². The minimum atomic E-state index is -0.374. The number of amides is 1. The highest BCUT2D eigenvalue weighted by Gasteiger charge is 2.27. The molecule has 1 aliphatic rings. The number of imidazole rings is 1. The number of aromatic amines is 1. The number of fused-ring (bicyclic) bond motifs is 1. The molecule has 0 bridgehead atoms. The number of nitrogens with zero attached hydrogens (tertiary/aromatic N) is 1. The smallest absolute Gasteiger partial charge is 0.243 e. The monoisotopic (exact) mass is 374 g/mol. The fraction of sp³-hybridized carbons (Fsp3) is 0.375. The Morgan fingerprint density at radius 1 is 1.29 bits per heavy atom. The molecule has 0 saturated heterocycles. The van der Waals surface area contributed by atoms with Gasteiger partial charge in [-0.3, -0.25) is 4.79 Å². The fourth-order valence-electron chi connectivity index (χ4n) is 2.69. The van der Waals surface area contributed by atoms with Gasteiger partial charge in [-0.25, -0.2) is 9.37 Å². The van der Waals surface area contributed by atoms with Crippen molar-refractivity contribution in [2.45, 2.75) is 25.3 Å². The van der Waals surface area contributed by atoms with E-state index in [-0.39, 0.29) is 42.6 Å². The second kappa shape index (κ2) is 9.61. The molecule has 3 rings (SSSR count). The van der Waals surface area contributed by atoms with Crippen molar-refractivity contribution in [1.29, 1.82) is 0 Å². The zero-order valence-electron chi connectivity index (χ0n) is 13.0. The van der Waals surface area contributed by atoms with Crippen LogP contribution < -0.4 is 10.6 Å². The number of benzene rings is 1. The summed E-state index contributed by atoms with van der Waals surface area (Å²) in [5.74, 6) is -0.276. The largest absolute Gasteiger partial charge is 0.354 e. The van der Waals surface area contributed by atoms with Crippen molar-refractivity contribution in [2.24, 2.45) is 0 Å². The number of hydrogen-bond acceptors (Lipinski definition) is 3. The molecule has 5 nitrogen and oxygen atoms in total. The predicted molar refractivity (Wildman–Crippen MR) is 95.3 cm³/mol. The maximum atomic E-state index is 12.8. The summed E-state index contributed by atoms with van der Waals surface area (Å²) in [6, 6.07) is 6.09. The highest BCUT2D eigenvalue weighted by Crippen LogP contribution is 2.19. The Hall–Kier alpha value is -1.63. The van der Waals surface area contributed by atoms with Crippen molar-refractivity contribution >= 4 is 30.7 Å². The summed E-state index contributed by atoms with van der Waals surface area (Å²) < 4.78 is 12.8. The van der Waals surface area contributed by atoms with E-state index < -0.39 is 0 Å². The second-order valence-corrected chi connectivity index (χ2v) is 5.42. The van der Waals surface area contributed by atoms with Crippen molar-refractivity contribution in [3.05, 3.63) is 53.4 Å². The number of aromatic nitrogens is 2. The van der Waals surface area contributed by atoms with E-state index in [0.717, 1.165) is 42.8 Å². The zero-order valence-corrected chi connectivity index (χ0v) is 14.7. The molecule has 1 aromatic carbocycles. The summed E-state index contributed by atoms with van der Waals surface area (Å²) in [6.45, 7) is 1.36. The Labute approximate surface area is 152 Å². The van der Waals surface area contributed by atoms with E-state index in [1.54, 1.807) is 18.5 Å². The van der Waals surface area contributed by atoms with Crippen LogP contribution in [0.15, 0.2) is 30.6 Å². The normalized spacial score (nSPS) is 15.6. The molecule has 8 heteroatoms. The third-order valence-electron chi connectivity index (χ3n) is 3.87. The summed E-state index contributed by atoms with van der Waals surface area (Å²) >= 11 is 0. The minimum absolute atomic E-state index is 0. The molecule has 0 saturated carbocycles. The molecular weight excluding hydrogens is 354 g/mol. The van der Waals surface area contributed by atoms with Crippen LogP contribution in [0.25, 0.3) is 0 Å². The van der Waals surface area contributed by atoms with Gasteiger partial charge in [-0.1, -0.05) is 12.1 Å². The van der Waals surface area contributed by atoms with Crippen LogP contribution in [-0.2, 0) is 17.6 Å². The average molecular weight is 375 g/mol. The molecule has 24 heavy (non-hydrogen) atoms. The van der Waals surface area contributed by atoms with Crippen molar-refractivity contribution in [3.8, 4) is 0 Å². The summed E-state index contributed by atoms with van der Waals surface area (Å²) in [4.78, 5) is 19.5. The van der Waals surface area contributed by atoms with Crippen molar-refractivity contribution in [2.75, 3.05) is 13.1 Å². The molecule has 1 atom stereocenters. The molecule has 0 aliphatic carbocycles. The molecule has 3 N–H and O–H groups in total. The maximum absolute atomic E-state index is 12.8. The number of carbonyl (C=O) groups excluding carboxylic acids is 1. The van der Waals surface area contributed by atoms with Crippen LogP contribution in [0.5, 0.6) is 0 Å².